The molecule has 2 rings (SSSR count). The van der Waals surface area contributed by atoms with Crippen LogP contribution < -0.4 is 11.2 Å². The third-order valence-electron chi connectivity index (χ3n) is 2.74. The second-order valence-electron chi connectivity index (χ2n) is 4.11. The lowest BCUT2D eigenvalue weighted by molar-refractivity contribution is 0.0457. The minimum atomic E-state index is -0.119. The van der Waals surface area contributed by atoms with Crippen molar-refractivity contribution in [3.05, 3.63) is 28.7 Å². The normalized spacial score (nSPS) is 25.7. The molecule has 1 saturated heterocycles. The third-order valence-corrected chi connectivity index (χ3v) is 2.74. The Morgan fingerprint density at radius 1 is 1.60 bits per heavy atom. The van der Waals surface area contributed by atoms with E-state index in [0.29, 0.717) is 11.8 Å². The van der Waals surface area contributed by atoms with Gasteiger partial charge in [0.2, 0.25) is 5.43 Å². The maximum atomic E-state index is 11.1. The van der Waals surface area contributed by atoms with E-state index >= 15 is 0 Å². The molecule has 0 bridgehead atoms. The van der Waals surface area contributed by atoms with E-state index < -0.39 is 0 Å². The van der Waals surface area contributed by atoms with Crippen molar-refractivity contribution in [2.45, 2.75) is 38.5 Å². The zero-order valence-electron chi connectivity index (χ0n) is 8.85. The first-order valence-corrected chi connectivity index (χ1v) is 5.26. The van der Waals surface area contributed by atoms with Crippen molar-refractivity contribution in [1.29, 1.82) is 0 Å². The fourth-order valence-electron chi connectivity index (χ4n) is 1.91. The third kappa shape index (κ3) is 2.39. The zero-order chi connectivity index (χ0) is 10.8. The van der Waals surface area contributed by atoms with Crippen molar-refractivity contribution >= 4 is 5.69 Å². The van der Waals surface area contributed by atoms with Gasteiger partial charge in [-0.15, -0.1) is 0 Å². The fraction of sp³-hybridized carbons (Fsp3) is 0.545. The Morgan fingerprint density at radius 2 is 2.40 bits per heavy atom. The molecule has 4 heteroatoms. The van der Waals surface area contributed by atoms with E-state index in [2.05, 4.69) is 6.92 Å². The van der Waals surface area contributed by atoms with Crippen LogP contribution in [0.3, 0.4) is 0 Å². The summed E-state index contributed by atoms with van der Waals surface area (Å²) >= 11 is 0. The molecule has 2 atom stereocenters. The highest BCUT2D eigenvalue weighted by molar-refractivity contribution is 5.33. The Morgan fingerprint density at radius 3 is 3.00 bits per heavy atom. The molecule has 2 heterocycles. The Hall–Kier alpha value is -1.29. The van der Waals surface area contributed by atoms with Gasteiger partial charge in [0, 0.05) is 25.0 Å². The molecular weight excluding hydrogens is 192 g/mol. The van der Waals surface area contributed by atoms with Crippen LogP contribution in [0.25, 0.3) is 0 Å². The van der Waals surface area contributed by atoms with E-state index in [4.69, 9.17) is 10.5 Å². The van der Waals surface area contributed by atoms with Gasteiger partial charge in [-0.3, -0.25) is 4.79 Å². The van der Waals surface area contributed by atoms with Gasteiger partial charge in [0.15, 0.2) is 0 Å². The van der Waals surface area contributed by atoms with Crippen molar-refractivity contribution in [3.63, 3.8) is 0 Å². The molecule has 1 fully saturated rings. The molecule has 2 unspecified atom stereocenters. The number of aromatic nitrogens is 1. The number of anilines is 1. The molecule has 4 nitrogen and oxygen atoms in total. The van der Waals surface area contributed by atoms with Crippen molar-refractivity contribution in [3.8, 4) is 0 Å². The smallest absolute Gasteiger partial charge is 0.204 e. The van der Waals surface area contributed by atoms with E-state index in [1.807, 2.05) is 4.57 Å². The van der Waals surface area contributed by atoms with Crippen LogP contribution in [0.2, 0.25) is 0 Å². The van der Waals surface area contributed by atoms with Gasteiger partial charge in [-0.05, 0) is 19.8 Å². The predicted molar refractivity (Wildman–Crippen MR) is 58.7 cm³/mol. The largest absolute Gasteiger partial charge is 0.394 e. The quantitative estimate of drug-likeness (QED) is 0.788. The van der Waals surface area contributed by atoms with Crippen molar-refractivity contribution in [2.24, 2.45) is 0 Å². The maximum Gasteiger partial charge on any atom is 0.204 e. The zero-order valence-corrected chi connectivity index (χ0v) is 8.85. The SMILES string of the molecule is CC1CCC(Cn2ccc(=O)c(N)c2)O1. The van der Waals surface area contributed by atoms with Gasteiger partial charge in [-0.2, -0.15) is 0 Å². The number of nitrogens with two attached hydrogens (primary N) is 1. The van der Waals surface area contributed by atoms with E-state index in [9.17, 15) is 4.79 Å². The lowest BCUT2D eigenvalue weighted by Crippen LogP contribution is -2.18. The lowest BCUT2D eigenvalue weighted by Gasteiger charge is -2.13. The fourth-order valence-corrected chi connectivity index (χ4v) is 1.91. The summed E-state index contributed by atoms with van der Waals surface area (Å²) in [7, 11) is 0. The number of nitrogen functional groups attached to an aromatic ring is 1. The van der Waals surface area contributed by atoms with Crippen LogP contribution in [0, 0.1) is 0 Å². The van der Waals surface area contributed by atoms with Gasteiger partial charge < -0.3 is 15.0 Å². The Bertz CT molecular complexity index is 400. The molecule has 0 radical (unpaired) electrons. The molecule has 15 heavy (non-hydrogen) atoms. The standard InChI is InChI=1S/C11H16N2O2/c1-8-2-3-9(15-8)6-13-5-4-11(14)10(12)7-13/h4-5,7-9H,2-3,6,12H2,1H3. The van der Waals surface area contributed by atoms with Gasteiger partial charge in [0.05, 0.1) is 17.9 Å². The highest BCUT2D eigenvalue weighted by Gasteiger charge is 2.21. The summed E-state index contributed by atoms with van der Waals surface area (Å²) in [5.41, 5.74) is 5.72. The first-order chi connectivity index (χ1) is 7.15. The first-order valence-electron chi connectivity index (χ1n) is 5.26. The van der Waals surface area contributed by atoms with Gasteiger partial charge in [-0.1, -0.05) is 0 Å². The van der Waals surface area contributed by atoms with Crippen LogP contribution in [0.4, 0.5) is 5.69 Å². The highest BCUT2D eigenvalue weighted by Crippen LogP contribution is 2.20. The van der Waals surface area contributed by atoms with E-state index in [0.717, 1.165) is 19.4 Å². The molecule has 2 N–H and O–H groups in total. The minimum Gasteiger partial charge on any atom is -0.394 e. The molecule has 82 valence electrons. The second kappa shape index (κ2) is 4.06. The first kappa shape index (κ1) is 10.2. The molecule has 1 aromatic rings. The second-order valence-corrected chi connectivity index (χ2v) is 4.11. The maximum absolute atomic E-state index is 11.1. The average Bonchev–Trinajstić information content (AvgIpc) is 2.58. The van der Waals surface area contributed by atoms with Gasteiger partial charge >= 0.3 is 0 Å². The van der Waals surface area contributed by atoms with Crippen LogP contribution in [-0.4, -0.2) is 16.8 Å². The Balaban J connectivity index is 2.05. The molecule has 1 aliphatic rings. The van der Waals surface area contributed by atoms with E-state index in [-0.39, 0.29) is 11.5 Å². The van der Waals surface area contributed by atoms with Crippen LogP contribution >= 0.6 is 0 Å². The number of nitrogens with zero attached hydrogens (tertiary/aromatic N) is 1. The Kier molecular flexibility index (Phi) is 2.77. The van der Waals surface area contributed by atoms with Crippen LogP contribution in [-0.2, 0) is 11.3 Å². The molecule has 0 saturated carbocycles. The van der Waals surface area contributed by atoms with Crippen molar-refractivity contribution < 1.29 is 4.74 Å². The molecule has 1 aliphatic heterocycles. The van der Waals surface area contributed by atoms with Gasteiger partial charge in [0.1, 0.15) is 0 Å². The lowest BCUT2D eigenvalue weighted by atomic mass is 10.2. The molecule has 0 aliphatic carbocycles. The number of pyridine rings is 1. The molecule has 0 spiro atoms. The van der Waals surface area contributed by atoms with Crippen molar-refractivity contribution in [1.82, 2.24) is 4.57 Å². The summed E-state index contributed by atoms with van der Waals surface area (Å²) in [5.74, 6) is 0. The van der Waals surface area contributed by atoms with Gasteiger partial charge in [-0.25, -0.2) is 0 Å². The van der Waals surface area contributed by atoms with Crippen LogP contribution in [0.1, 0.15) is 19.8 Å². The number of rotatable bonds is 2. The number of hydrogen-bond acceptors (Lipinski definition) is 3. The van der Waals surface area contributed by atoms with Gasteiger partial charge in [0.25, 0.3) is 0 Å². The summed E-state index contributed by atoms with van der Waals surface area (Å²) in [5, 5.41) is 0. The topological polar surface area (TPSA) is 57.2 Å². The average molecular weight is 208 g/mol. The van der Waals surface area contributed by atoms with E-state index in [1.54, 1.807) is 12.4 Å². The summed E-state index contributed by atoms with van der Waals surface area (Å²) in [4.78, 5) is 11.1. The summed E-state index contributed by atoms with van der Waals surface area (Å²) in [6.07, 6.45) is 6.22. The molecule has 0 aromatic carbocycles. The summed E-state index contributed by atoms with van der Waals surface area (Å²) in [6.45, 7) is 2.86. The van der Waals surface area contributed by atoms with Crippen LogP contribution in [0.5, 0.6) is 0 Å². The number of hydrogen-bond donors (Lipinski definition) is 1. The van der Waals surface area contributed by atoms with Crippen LogP contribution in [0.15, 0.2) is 23.3 Å². The Labute approximate surface area is 88.7 Å². The monoisotopic (exact) mass is 208 g/mol. The summed E-state index contributed by atoms with van der Waals surface area (Å²) < 4.78 is 7.61. The molecule has 0 amide bonds. The predicted octanol–water partition coefficient (Wildman–Crippen LogP) is 0.998. The van der Waals surface area contributed by atoms with E-state index in [1.165, 1.54) is 6.07 Å². The molecule has 1 aromatic heterocycles. The molecular formula is C11H16N2O2. The minimum absolute atomic E-state index is 0.119. The van der Waals surface area contributed by atoms with Crippen molar-refractivity contribution in [2.75, 3.05) is 5.73 Å². The number of ether oxygens (including phenoxy) is 1. The highest BCUT2D eigenvalue weighted by atomic mass is 16.5. The summed E-state index contributed by atoms with van der Waals surface area (Å²) in [6, 6.07) is 1.49.